The summed E-state index contributed by atoms with van der Waals surface area (Å²) in [5.74, 6) is 1.28. The van der Waals surface area contributed by atoms with Crippen molar-refractivity contribution >= 4 is 5.96 Å². The molecule has 1 heterocycles. The number of benzene rings is 1. The highest BCUT2D eigenvalue weighted by Crippen LogP contribution is 2.30. The van der Waals surface area contributed by atoms with Gasteiger partial charge in [0.1, 0.15) is 0 Å². The van der Waals surface area contributed by atoms with Gasteiger partial charge in [-0.25, -0.2) is 0 Å². The Kier molecular flexibility index (Phi) is 3.60. The number of aryl methyl sites for hydroxylation is 2. The Balaban J connectivity index is 2.33. The monoisotopic (exact) mass is 245 g/mol. The minimum absolute atomic E-state index is 0.314. The Morgan fingerprint density at radius 1 is 1.33 bits per heavy atom. The van der Waals surface area contributed by atoms with Crippen LogP contribution in [-0.2, 0) is 0 Å². The molecule has 0 aliphatic carbocycles. The van der Waals surface area contributed by atoms with Gasteiger partial charge in [-0.15, -0.1) is 0 Å². The number of guanidine groups is 1. The Bertz CT molecular complexity index is 443. The van der Waals surface area contributed by atoms with Crippen LogP contribution in [0.15, 0.2) is 23.2 Å². The number of nitrogens with two attached hydrogens (primary N) is 1. The molecule has 0 amide bonds. The van der Waals surface area contributed by atoms with Crippen LogP contribution in [0.3, 0.4) is 0 Å². The first-order chi connectivity index (χ1) is 8.50. The van der Waals surface area contributed by atoms with Crippen molar-refractivity contribution in [3.63, 3.8) is 0 Å². The van der Waals surface area contributed by atoms with Crippen LogP contribution in [0.25, 0.3) is 0 Å². The van der Waals surface area contributed by atoms with Crippen LogP contribution in [0.2, 0.25) is 0 Å². The van der Waals surface area contributed by atoms with Crippen LogP contribution < -0.4 is 5.73 Å². The molecule has 1 aliphatic heterocycles. The summed E-state index contributed by atoms with van der Waals surface area (Å²) in [5.41, 5.74) is 10.1. The zero-order valence-electron chi connectivity index (χ0n) is 11.8. The first kappa shape index (κ1) is 12.9. The first-order valence-electron chi connectivity index (χ1n) is 6.63. The fourth-order valence-corrected chi connectivity index (χ4v) is 2.74. The topological polar surface area (TPSA) is 41.6 Å². The predicted molar refractivity (Wildman–Crippen MR) is 76.7 cm³/mol. The van der Waals surface area contributed by atoms with Crippen molar-refractivity contribution in [1.82, 2.24) is 4.90 Å². The molecule has 0 saturated heterocycles. The van der Waals surface area contributed by atoms with E-state index < -0.39 is 0 Å². The van der Waals surface area contributed by atoms with Crippen LogP contribution in [-0.4, -0.2) is 23.9 Å². The van der Waals surface area contributed by atoms with Crippen LogP contribution >= 0.6 is 0 Å². The summed E-state index contributed by atoms with van der Waals surface area (Å²) in [6, 6.07) is 6.77. The molecule has 1 unspecified atom stereocenters. The predicted octanol–water partition coefficient (Wildman–Crippen LogP) is 2.63. The van der Waals surface area contributed by atoms with E-state index in [0.717, 1.165) is 13.1 Å². The van der Waals surface area contributed by atoms with E-state index in [4.69, 9.17) is 5.73 Å². The zero-order valence-corrected chi connectivity index (χ0v) is 11.8. The van der Waals surface area contributed by atoms with Gasteiger partial charge in [-0.3, -0.25) is 4.99 Å². The van der Waals surface area contributed by atoms with Gasteiger partial charge in [-0.2, -0.15) is 0 Å². The summed E-state index contributed by atoms with van der Waals surface area (Å²) in [5, 5.41) is 0. The highest BCUT2D eigenvalue weighted by Gasteiger charge is 2.29. The summed E-state index contributed by atoms with van der Waals surface area (Å²) < 4.78 is 0. The van der Waals surface area contributed by atoms with Gasteiger partial charge >= 0.3 is 0 Å². The van der Waals surface area contributed by atoms with Gasteiger partial charge in [0, 0.05) is 6.54 Å². The van der Waals surface area contributed by atoms with E-state index in [2.05, 4.69) is 55.8 Å². The standard InChI is InChI=1S/C15H23N3/c1-10(2)9-18-13(8-17-15(18)16)14-11(3)6-5-7-12(14)4/h5-7,10,13H,8-9H2,1-4H3,(H2,16,17). The lowest BCUT2D eigenvalue weighted by molar-refractivity contribution is 0.308. The molecular formula is C15H23N3. The lowest BCUT2D eigenvalue weighted by atomic mass is 9.95. The van der Waals surface area contributed by atoms with E-state index in [1.165, 1.54) is 16.7 Å². The van der Waals surface area contributed by atoms with Crippen molar-refractivity contribution < 1.29 is 0 Å². The molecule has 3 heteroatoms. The molecule has 1 aromatic carbocycles. The average Bonchev–Trinajstić information content (AvgIpc) is 2.61. The van der Waals surface area contributed by atoms with Gasteiger partial charge < -0.3 is 10.6 Å². The second-order valence-electron chi connectivity index (χ2n) is 5.57. The van der Waals surface area contributed by atoms with Crippen molar-refractivity contribution in [3.05, 3.63) is 34.9 Å². The Labute approximate surface area is 110 Å². The van der Waals surface area contributed by atoms with Crippen molar-refractivity contribution in [2.75, 3.05) is 13.1 Å². The summed E-state index contributed by atoms with van der Waals surface area (Å²) in [6.45, 7) is 10.5. The molecular weight excluding hydrogens is 222 g/mol. The molecule has 3 nitrogen and oxygen atoms in total. The fourth-order valence-electron chi connectivity index (χ4n) is 2.74. The SMILES string of the molecule is Cc1cccc(C)c1C1CN=C(N)N1CC(C)C. The van der Waals surface area contributed by atoms with Gasteiger partial charge in [0.2, 0.25) is 0 Å². The molecule has 0 fully saturated rings. The molecule has 0 spiro atoms. The molecule has 0 saturated carbocycles. The Hall–Kier alpha value is -1.51. The lowest BCUT2D eigenvalue weighted by Gasteiger charge is -2.30. The molecule has 1 aliphatic rings. The van der Waals surface area contributed by atoms with Gasteiger partial charge in [-0.1, -0.05) is 32.0 Å². The maximum absolute atomic E-state index is 6.03. The second-order valence-corrected chi connectivity index (χ2v) is 5.57. The van der Waals surface area contributed by atoms with Gasteiger partial charge in [0.15, 0.2) is 5.96 Å². The van der Waals surface area contributed by atoms with Gasteiger partial charge in [0.25, 0.3) is 0 Å². The van der Waals surface area contributed by atoms with E-state index in [0.29, 0.717) is 17.9 Å². The lowest BCUT2D eigenvalue weighted by Crippen LogP contribution is -2.39. The van der Waals surface area contributed by atoms with Gasteiger partial charge in [-0.05, 0) is 36.5 Å². The smallest absolute Gasteiger partial charge is 0.191 e. The summed E-state index contributed by atoms with van der Waals surface area (Å²) in [4.78, 5) is 6.68. The zero-order chi connectivity index (χ0) is 13.3. The van der Waals surface area contributed by atoms with Crippen LogP contribution in [0, 0.1) is 19.8 Å². The van der Waals surface area contributed by atoms with Crippen molar-refractivity contribution in [2.45, 2.75) is 33.7 Å². The molecule has 18 heavy (non-hydrogen) atoms. The minimum Gasteiger partial charge on any atom is -0.370 e. The fraction of sp³-hybridized carbons (Fsp3) is 0.533. The number of aliphatic imine (C=N–C) groups is 1. The molecule has 0 aromatic heterocycles. The molecule has 2 rings (SSSR count). The van der Waals surface area contributed by atoms with Crippen LogP contribution in [0.1, 0.15) is 36.6 Å². The van der Waals surface area contributed by atoms with E-state index in [-0.39, 0.29) is 0 Å². The van der Waals surface area contributed by atoms with E-state index in [9.17, 15) is 0 Å². The molecule has 98 valence electrons. The molecule has 1 atom stereocenters. The number of rotatable bonds is 3. The summed E-state index contributed by atoms with van der Waals surface area (Å²) in [7, 11) is 0. The van der Waals surface area contributed by atoms with E-state index in [1.807, 2.05) is 0 Å². The maximum atomic E-state index is 6.03. The average molecular weight is 245 g/mol. The molecule has 0 radical (unpaired) electrons. The summed E-state index contributed by atoms with van der Waals surface area (Å²) >= 11 is 0. The number of nitrogens with zero attached hydrogens (tertiary/aromatic N) is 2. The molecule has 0 bridgehead atoms. The quantitative estimate of drug-likeness (QED) is 0.889. The summed E-state index contributed by atoms with van der Waals surface area (Å²) in [6.07, 6.45) is 0. The van der Waals surface area contributed by atoms with Crippen molar-refractivity contribution in [3.8, 4) is 0 Å². The highest BCUT2D eigenvalue weighted by molar-refractivity contribution is 5.80. The Morgan fingerprint density at radius 2 is 1.94 bits per heavy atom. The minimum atomic E-state index is 0.314. The number of hydrogen-bond acceptors (Lipinski definition) is 3. The van der Waals surface area contributed by atoms with Gasteiger partial charge in [0.05, 0.1) is 12.6 Å². The third-order valence-electron chi connectivity index (χ3n) is 3.53. The molecule has 1 aromatic rings. The maximum Gasteiger partial charge on any atom is 0.191 e. The molecule has 2 N–H and O–H groups in total. The van der Waals surface area contributed by atoms with E-state index in [1.54, 1.807) is 0 Å². The van der Waals surface area contributed by atoms with Crippen molar-refractivity contribution in [2.24, 2.45) is 16.6 Å². The van der Waals surface area contributed by atoms with Crippen LogP contribution in [0.4, 0.5) is 0 Å². The number of hydrogen-bond donors (Lipinski definition) is 1. The highest BCUT2D eigenvalue weighted by atomic mass is 15.3. The third-order valence-corrected chi connectivity index (χ3v) is 3.53. The van der Waals surface area contributed by atoms with Crippen LogP contribution in [0.5, 0.6) is 0 Å². The normalized spacial score (nSPS) is 19.5. The Morgan fingerprint density at radius 3 is 2.50 bits per heavy atom. The second kappa shape index (κ2) is 5.01. The third kappa shape index (κ3) is 2.35. The largest absolute Gasteiger partial charge is 0.370 e. The van der Waals surface area contributed by atoms with E-state index >= 15 is 0 Å². The van der Waals surface area contributed by atoms with Crippen molar-refractivity contribution in [1.29, 1.82) is 0 Å². The first-order valence-corrected chi connectivity index (χ1v) is 6.63.